The molecule has 2 aromatic heterocycles. The Hall–Kier alpha value is -3.14. The second-order valence-electron chi connectivity index (χ2n) is 5.14. The summed E-state index contributed by atoms with van der Waals surface area (Å²) in [7, 11) is 0. The molecule has 1 aliphatic rings. The maximum Gasteiger partial charge on any atom is 0.231 e. The average Bonchev–Trinajstić information content (AvgIpc) is 3.09. The fraction of sp³-hybridized carbons (Fsp3) is 0.0526. The van der Waals surface area contributed by atoms with Crippen molar-refractivity contribution in [2.24, 2.45) is 0 Å². The maximum absolute atomic E-state index is 5.38. The monoisotopic (exact) mass is 302 g/mol. The number of nitrogens with zero attached hydrogens (tertiary/aromatic N) is 2. The SMILES string of the molecule is C(=C\c1ccc2c(c1)OCO2)/c1ccc(-c2ccccn2)nc1. The minimum atomic E-state index is 0.293. The van der Waals surface area contributed by atoms with Crippen molar-refractivity contribution in [2.45, 2.75) is 0 Å². The van der Waals surface area contributed by atoms with E-state index in [0.29, 0.717) is 6.79 Å². The Kier molecular flexibility index (Phi) is 3.48. The van der Waals surface area contributed by atoms with Crippen LogP contribution in [-0.2, 0) is 0 Å². The van der Waals surface area contributed by atoms with Crippen molar-refractivity contribution < 1.29 is 9.47 Å². The highest BCUT2D eigenvalue weighted by molar-refractivity contribution is 5.71. The zero-order chi connectivity index (χ0) is 15.5. The van der Waals surface area contributed by atoms with Gasteiger partial charge >= 0.3 is 0 Å². The molecule has 0 spiro atoms. The largest absolute Gasteiger partial charge is 0.454 e. The number of benzene rings is 1. The lowest BCUT2D eigenvalue weighted by Gasteiger charge is -2.00. The van der Waals surface area contributed by atoms with Crippen LogP contribution in [0, 0.1) is 0 Å². The first kappa shape index (κ1) is 13.5. The molecule has 0 saturated carbocycles. The second-order valence-corrected chi connectivity index (χ2v) is 5.14. The summed E-state index contributed by atoms with van der Waals surface area (Å²) < 4.78 is 10.7. The van der Waals surface area contributed by atoms with E-state index in [4.69, 9.17) is 9.47 Å². The summed E-state index contributed by atoms with van der Waals surface area (Å²) in [5, 5.41) is 0. The van der Waals surface area contributed by atoms with Gasteiger partial charge in [0.15, 0.2) is 11.5 Å². The molecule has 112 valence electrons. The molecule has 0 atom stereocenters. The van der Waals surface area contributed by atoms with Crippen LogP contribution in [0.1, 0.15) is 11.1 Å². The maximum atomic E-state index is 5.38. The first-order chi connectivity index (χ1) is 11.4. The Morgan fingerprint density at radius 3 is 2.43 bits per heavy atom. The van der Waals surface area contributed by atoms with Crippen LogP contribution in [0.3, 0.4) is 0 Å². The molecule has 1 aliphatic heterocycles. The van der Waals surface area contributed by atoms with E-state index in [0.717, 1.165) is 34.0 Å². The van der Waals surface area contributed by atoms with Gasteiger partial charge in [-0.25, -0.2) is 0 Å². The van der Waals surface area contributed by atoms with Gasteiger partial charge in [-0.3, -0.25) is 9.97 Å². The van der Waals surface area contributed by atoms with Gasteiger partial charge in [-0.15, -0.1) is 0 Å². The summed E-state index contributed by atoms with van der Waals surface area (Å²) >= 11 is 0. The van der Waals surface area contributed by atoms with Crippen LogP contribution >= 0.6 is 0 Å². The van der Waals surface area contributed by atoms with Crippen molar-refractivity contribution in [3.8, 4) is 22.9 Å². The van der Waals surface area contributed by atoms with Crippen molar-refractivity contribution >= 4 is 12.2 Å². The number of fused-ring (bicyclic) bond motifs is 1. The third-order valence-electron chi connectivity index (χ3n) is 3.58. The molecule has 0 N–H and O–H groups in total. The van der Waals surface area contributed by atoms with E-state index in [2.05, 4.69) is 9.97 Å². The molecular formula is C19H14N2O2. The highest BCUT2D eigenvalue weighted by Crippen LogP contribution is 2.32. The van der Waals surface area contributed by atoms with Crippen molar-refractivity contribution in [3.05, 3.63) is 72.1 Å². The van der Waals surface area contributed by atoms with E-state index in [1.807, 2.05) is 66.9 Å². The fourth-order valence-electron chi connectivity index (χ4n) is 2.38. The molecule has 4 rings (SSSR count). The minimum absolute atomic E-state index is 0.293. The average molecular weight is 302 g/mol. The summed E-state index contributed by atoms with van der Waals surface area (Å²) in [5.74, 6) is 1.58. The number of rotatable bonds is 3. The third-order valence-corrected chi connectivity index (χ3v) is 3.58. The van der Waals surface area contributed by atoms with Crippen molar-refractivity contribution in [2.75, 3.05) is 6.79 Å². The Bertz CT molecular complexity index is 843. The first-order valence-corrected chi connectivity index (χ1v) is 7.34. The topological polar surface area (TPSA) is 44.2 Å². The summed E-state index contributed by atoms with van der Waals surface area (Å²) in [4.78, 5) is 8.76. The van der Waals surface area contributed by atoms with Crippen molar-refractivity contribution in [3.63, 3.8) is 0 Å². The van der Waals surface area contributed by atoms with Crippen LogP contribution in [0.5, 0.6) is 11.5 Å². The number of hydrogen-bond donors (Lipinski definition) is 0. The molecule has 4 nitrogen and oxygen atoms in total. The Balaban J connectivity index is 1.53. The van der Waals surface area contributed by atoms with Crippen LogP contribution in [0.25, 0.3) is 23.5 Å². The van der Waals surface area contributed by atoms with Crippen molar-refractivity contribution in [1.82, 2.24) is 9.97 Å². The van der Waals surface area contributed by atoms with Gasteiger partial charge in [0, 0.05) is 12.4 Å². The highest BCUT2D eigenvalue weighted by Gasteiger charge is 2.12. The zero-order valence-corrected chi connectivity index (χ0v) is 12.3. The lowest BCUT2D eigenvalue weighted by molar-refractivity contribution is 0.174. The summed E-state index contributed by atoms with van der Waals surface area (Å²) in [5.41, 5.74) is 3.83. The van der Waals surface area contributed by atoms with Crippen LogP contribution in [0.15, 0.2) is 60.9 Å². The standard InChI is InChI=1S/C19H14N2O2/c1-2-10-20-16(3-1)17-8-6-15(12-21-17)5-4-14-7-9-18-19(11-14)23-13-22-18/h1-12H,13H2/b5-4+. The molecular weight excluding hydrogens is 288 g/mol. The lowest BCUT2D eigenvalue weighted by Crippen LogP contribution is -1.92. The van der Waals surface area contributed by atoms with Crippen LogP contribution in [0.4, 0.5) is 0 Å². The Labute approximate surface area is 134 Å². The normalized spacial score (nSPS) is 12.7. The Morgan fingerprint density at radius 2 is 1.61 bits per heavy atom. The summed E-state index contributed by atoms with van der Waals surface area (Å²) in [6.45, 7) is 0.293. The van der Waals surface area contributed by atoms with Gasteiger partial charge in [-0.1, -0.05) is 30.4 Å². The quantitative estimate of drug-likeness (QED) is 0.732. The van der Waals surface area contributed by atoms with E-state index >= 15 is 0 Å². The molecule has 0 saturated heterocycles. The highest BCUT2D eigenvalue weighted by atomic mass is 16.7. The summed E-state index contributed by atoms with van der Waals surface area (Å²) in [6.07, 6.45) is 7.66. The molecule has 0 radical (unpaired) electrons. The van der Waals surface area contributed by atoms with Crippen LogP contribution in [0.2, 0.25) is 0 Å². The van der Waals surface area contributed by atoms with Gasteiger partial charge in [0.2, 0.25) is 6.79 Å². The second kappa shape index (κ2) is 5.93. The molecule has 23 heavy (non-hydrogen) atoms. The molecule has 3 heterocycles. The number of hydrogen-bond acceptors (Lipinski definition) is 4. The molecule has 4 heteroatoms. The zero-order valence-electron chi connectivity index (χ0n) is 12.3. The summed E-state index contributed by atoms with van der Waals surface area (Å²) in [6, 6.07) is 15.7. The fourth-order valence-corrected chi connectivity index (χ4v) is 2.38. The van der Waals surface area contributed by atoms with Gasteiger partial charge in [0.05, 0.1) is 11.4 Å². The molecule has 0 aliphatic carbocycles. The molecule has 1 aromatic carbocycles. The number of aromatic nitrogens is 2. The molecule has 0 amide bonds. The minimum Gasteiger partial charge on any atom is -0.454 e. The lowest BCUT2D eigenvalue weighted by atomic mass is 10.1. The van der Waals surface area contributed by atoms with E-state index < -0.39 is 0 Å². The van der Waals surface area contributed by atoms with Crippen LogP contribution < -0.4 is 9.47 Å². The van der Waals surface area contributed by atoms with E-state index in [-0.39, 0.29) is 0 Å². The van der Waals surface area contributed by atoms with E-state index in [9.17, 15) is 0 Å². The first-order valence-electron chi connectivity index (χ1n) is 7.34. The predicted octanol–water partition coefficient (Wildman–Crippen LogP) is 4.04. The molecule has 0 unspecified atom stereocenters. The number of ether oxygens (including phenoxy) is 2. The van der Waals surface area contributed by atoms with Crippen LogP contribution in [-0.4, -0.2) is 16.8 Å². The van der Waals surface area contributed by atoms with Gasteiger partial charge in [0.25, 0.3) is 0 Å². The molecule has 0 bridgehead atoms. The predicted molar refractivity (Wildman–Crippen MR) is 89.0 cm³/mol. The molecule has 3 aromatic rings. The smallest absolute Gasteiger partial charge is 0.231 e. The molecule has 0 fully saturated rings. The third kappa shape index (κ3) is 2.92. The van der Waals surface area contributed by atoms with Crippen molar-refractivity contribution in [1.29, 1.82) is 0 Å². The van der Waals surface area contributed by atoms with Gasteiger partial charge < -0.3 is 9.47 Å². The van der Waals surface area contributed by atoms with Gasteiger partial charge in [0.1, 0.15) is 0 Å². The number of pyridine rings is 2. The van der Waals surface area contributed by atoms with E-state index in [1.165, 1.54) is 0 Å². The Morgan fingerprint density at radius 1 is 0.783 bits per heavy atom. The van der Waals surface area contributed by atoms with E-state index in [1.54, 1.807) is 6.20 Å². The van der Waals surface area contributed by atoms with Gasteiger partial charge in [-0.2, -0.15) is 0 Å². The van der Waals surface area contributed by atoms with Gasteiger partial charge in [-0.05, 0) is 41.5 Å².